The van der Waals surface area contributed by atoms with Gasteiger partial charge in [0.15, 0.2) is 0 Å². The first-order valence-corrected chi connectivity index (χ1v) is 6.61. The predicted molar refractivity (Wildman–Crippen MR) is 89.8 cm³/mol. The fourth-order valence-corrected chi connectivity index (χ4v) is 2.31. The van der Waals surface area contributed by atoms with E-state index in [9.17, 15) is 4.79 Å². The van der Waals surface area contributed by atoms with Crippen molar-refractivity contribution in [3.8, 4) is 5.75 Å². The van der Waals surface area contributed by atoms with Gasteiger partial charge in [-0.1, -0.05) is 12.1 Å². The highest BCUT2D eigenvalue weighted by atomic mass is 35.5. The van der Waals surface area contributed by atoms with E-state index in [1.807, 2.05) is 29.2 Å². The fourth-order valence-electron chi connectivity index (χ4n) is 2.31. The third-order valence-corrected chi connectivity index (χ3v) is 3.35. The number of amides is 1. The highest BCUT2D eigenvalue weighted by Gasteiger charge is 2.20. The third kappa shape index (κ3) is 5.61. The number of piperidine rings is 1. The lowest BCUT2D eigenvalue weighted by molar-refractivity contribution is -0.130. The SMILES string of the molecule is COc1ccccc1NCC(=O)N1CCCC(N)C1.Cl.Cl. The van der Waals surface area contributed by atoms with E-state index in [0.717, 1.165) is 30.8 Å². The molecular weight excluding hydrogens is 313 g/mol. The zero-order valence-corrected chi connectivity index (χ0v) is 13.7. The van der Waals surface area contributed by atoms with Crippen molar-refractivity contribution in [3.05, 3.63) is 24.3 Å². The van der Waals surface area contributed by atoms with E-state index in [2.05, 4.69) is 5.32 Å². The number of nitrogens with one attached hydrogen (secondary N) is 1. The molecule has 0 spiro atoms. The Balaban J connectivity index is 0.00000200. The van der Waals surface area contributed by atoms with Crippen LogP contribution in [0.3, 0.4) is 0 Å². The van der Waals surface area contributed by atoms with E-state index in [1.54, 1.807) is 7.11 Å². The fraction of sp³-hybridized carbons (Fsp3) is 0.500. The van der Waals surface area contributed by atoms with Crippen molar-refractivity contribution in [2.75, 3.05) is 32.1 Å². The molecule has 1 aromatic carbocycles. The minimum atomic E-state index is 0. The molecule has 1 heterocycles. The Labute approximate surface area is 138 Å². The number of anilines is 1. The van der Waals surface area contributed by atoms with Gasteiger partial charge in [0.2, 0.25) is 5.91 Å². The largest absolute Gasteiger partial charge is 0.495 e. The monoisotopic (exact) mass is 335 g/mol. The quantitative estimate of drug-likeness (QED) is 0.881. The average molecular weight is 336 g/mol. The molecule has 5 nitrogen and oxygen atoms in total. The lowest BCUT2D eigenvalue weighted by Gasteiger charge is -2.31. The van der Waals surface area contributed by atoms with Gasteiger partial charge in [-0.3, -0.25) is 4.79 Å². The predicted octanol–water partition coefficient (Wildman–Crippen LogP) is 1.90. The third-order valence-electron chi connectivity index (χ3n) is 3.35. The van der Waals surface area contributed by atoms with Crippen molar-refractivity contribution in [1.82, 2.24) is 4.90 Å². The van der Waals surface area contributed by atoms with Gasteiger partial charge in [-0.2, -0.15) is 0 Å². The first-order chi connectivity index (χ1) is 9.20. The van der Waals surface area contributed by atoms with E-state index in [1.165, 1.54) is 0 Å². The Morgan fingerprint density at radius 1 is 1.43 bits per heavy atom. The first kappa shape index (κ1) is 19.8. The molecule has 0 saturated carbocycles. The van der Waals surface area contributed by atoms with Gasteiger partial charge in [0, 0.05) is 19.1 Å². The van der Waals surface area contributed by atoms with Gasteiger partial charge in [-0.25, -0.2) is 0 Å². The number of likely N-dealkylation sites (tertiary alicyclic amines) is 1. The number of methoxy groups -OCH3 is 1. The van der Waals surface area contributed by atoms with Crippen LogP contribution in [0.5, 0.6) is 5.75 Å². The van der Waals surface area contributed by atoms with Gasteiger partial charge in [0.05, 0.1) is 19.3 Å². The number of hydrogen-bond acceptors (Lipinski definition) is 4. The number of para-hydroxylation sites is 2. The highest BCUT2D eigenvalue weighted by Crippen LogP contribution is 2.22. The number of nitrogens with zero attached hydrogens (tertiary/aromatic N) is 1. The van der Waals surface area contributed by atoms with E-state index in [4.69, 9.17) is 10.5 Å². The maximum atomic E-state index is 12.1. The summed E-state index contributed by atoms with van der Waals surface area (Å²) in [6.07, 6.45) is 1.99. The molecule has 3 N–H and O–H groups in total. The van der Waals surface area contributed by atoms with Crippen LogP contribution >= 0.6 is 24.8 Å². The molecule has 0 radical (unpaired) electrons. The standard InChI is InChI=1S/C14H21N3O2.2ClH/c1-19-13-7-3-2-6-12(13)16-9-14(18)17-8-4-5-11(15)10-17;;/h2-3,6-7,11,16H,4-5,8-10,15H2,1H3;2*1H. The van der Waals surface area contributed by atoms with Crippen LogP contribution in [0.1, 0.15) is 12.8 Å². The van der Waals surface area contributed by atoms with E-state index in [0.29, 0.717) is 6.54 Å². The Hall–Kier alpha value is -1.17. The second-order valence-corrected chi connectivity index (χ2v) is 4.80. The summed E-state index contributed by atoms with van der Waals surface area (Å²) >= 11 is 0. The van der Waals surface area contributed by atoms with Crippen LogP contribution in [0.4, 0.5) is 5.69 Å². The van der Waals surface area contributed by atoms with Crippen molar-refractivity contribution >= 4 is 36.4 Å². The summed E-state index contributed by atoms with van der Waals surface area (Å²) in [4.78, 5) is 13.9. The minimum absolute atomic E-state index is 0. The molecule has 1 aliphatic rings. The summed E-state index contributed by atoms with van der Waals surface area (Å²) in [5.74, 6) is 0.826. The van der Waals surface area contributed by atoms with Crippen LogP contribution in [0.25, 0.3) is 0 Å². The lowest BCUT2D eigenvalue weighted by atomic mass is 10.1. The topological polar surface area (TPSA) is 67.6 Å². The molecule has 1 saturated heterocycles. The normalized spacial score (nSPS) is 17.2. The number of rotatable bonds is 4. The summed E-state index contributed by atoms with van der Waals surface area (Å²) in [5, 5.41) is 3.12. The molecule has 21 heavy (non-hydrogen) atoms. The summed E-state index contributed by atoms with van der Waals surface area (Å²) in [5.41, 5.74) is 6.71. The molecule has 120 valence electrons. The summed E-state index contributed by atoms with van der Waals surface area (Å²) in [6.45, 7) is 1.74. The molecule has 1 aliphatic heterocycles. The molecule has 0 bridgehead atoms. The Morgan fingerprint density at radius 3 is 2.81 bits per heavy atom. The molecule has 7 heteroatoms. The Kier molecular flexibility index (Phi) is 9.17. The van der Waals surface area contributed by atoms with Gasteiger partial charge >= 0.3 is 0 Å². The van der Waals surface area contributed by atoms with Crippen LogP contribution < -0.4 is 15.8 Å². The number of carbonyl (C=O) groups excluding carboxylic acids is 1. The second-order valence-electron chi connectivity index (χ2n) is 4.80. The highest BCUT2D eigenvalue weighted by molar-refractivity contribution is 5.85. The summed E-state index contributed by atoms with van der Waals surface area (Å²) in [7, 11) is 1.62. The molecule has 1 aromatic rings. The lowest BCUT2D eigenvalue weighted by Crippen LogP contribution is -2.47. The van der Waals surface area contributed by atoms with Gasteiger partial charge in [-0.05, 0) is 25.0 Å². The Bertz CT molecular complexity index is 446. The van der Waals surface area contributed by atoms with E-state index in [-0.39, 0.29) is 43.3 Å². The first-order valence-electron chi connectivity index (χ1n) is 6.61. The van der Waals surface area contributed by atoms with Gasteiger partial charge in [0.1, 0.15) is 5.75 Å². The second kappa shape index (κ2) is 9.71. The smallest absolute Gasteiger partial charge is 0.241 e. The minimum Gasteiger partial charge on any atom is -0.495 e. The number of benzene rings is 1. The number of nitrogens with two attached hydrogens (primary N) is 1. The number of halogens is 2. The zero-order chi connectivity index (χ0) is 13.7. The van der Waals surface area contributed by atoms with Crippen molar-refractivity contribution in [3.63, 3.8) is 0 Å². The summed E-state index contributed by atoms with van der Waals surface area (Å²) in [6, 6.07) is 7.68. The van der Waals surface area contributed by atoms with Gasteiger partial charge < -0.3 is 20.7 Å². The molecule has 1 amide bonds. The van der Waals surface area contributed by atoms with Crippen molar-refractivity contribution in [2.24, 2.45) is 5.73 Å². The van der Waals surface area contributed by atoms with Crippen molar-refractivity contribution in [1.29, 1.82) is 0 Å². The zero-order valence-electron chi connectivity index (χ0n) is 12.1. The molecule has 2 rings (SSSR count). The number of hydrogen-bond donors (Lipinski definition) is 2. The van der Waals surface area contributed by atoms with Crippen molar-refractivity contribution in [2.45, 2.75) is 18.9 Å². The van der Waals surface area contributed by atoms with Crippen LogP contribution in [-0.4, -0.2) is 43.6 Å². The van der Waals surface area contributed by atoms with Gasteiger partial charge in [-0.15, -0.1) is 24.8 Å². The van der Waals surface area contributed by atoms with Crippen LogP contribution in [-0.2, 0) is 4.79 Å². The molecule has 0 aromatic heterocycles. The maximum Gasteiger partial charge on any atom is 0.241 e. The van der Waals surface area contributed by atoms with Gasteiger partial charge in [0.25, 0.3) is 0 Å². The van der Waals surface area contributed by atoms with Crippen LogP contribution in [0.2, 0.25) is 0 Å². The van der Waals surface area contributed by atoms with Crippen molar-refractivity contribution < 1.29 is 9.53 Å². The number of ether oxygens (including phenoxy) is 1. The van der Waals surface area contributed by atoms with E-state index >= 15 is 0 Å². The number of carbonyl (C=O) groups is 1. The molecular formula is C14H23Cl2N3O2. The Morgan fingerprint density at radius 2 is 2.14 bits per heavy atom. The van der Waals surface area contributed by atoms with E-state index < -0.39 is 0 Å². The maximum absolute atomic E-state index is 12.1. The van der Waals surface area contributed by atoms with Crippen LogP contribution in [0, 0.1) is 0 Å². The molecule has 1 unspecified atom stereocenters. The summed E-state index contributed by atoms with van der Waals surface area (Å²) < 4.78 is 5.23. The molecule has 0 aliphatic carbocycles. The van der Waals surface area contributed by atoms with Crippen LogP contribution in [0.15, 0.2) is 24.3 Å². The molecule has 1 atom stereocenters. The molecule has 1 fully saturated rings. The average Bonchev–Trinajstić information content (AvgIpc) is 2.45.